The number of amides is 1. The van der Waals surface area contributed by atoms with E-state index in [1.165, 1.54) is 0 Å². The van der Waals surface area contributed by atoms with E-state index in [9.17, 15) is 9.59 Å². The van der Waals surface area contributed by atoms with Gasteiger partial charge in [-0.15, -0.1) is 0 Å². The first-order chi connectivity index (χ1) is 5.65. The number of carbonyl (C=O) groups is 2. The van der Waals surface area contributed by atoms with Gasteiger partial charge in [0.2, 0.25) is 5.91 Å². The van der Waals surface area contributed by atoms with Crippen LogP contribution in [-0.4, -0.2) is 36.1 Å². The molecule has 5 nitrogen and oxygen atoms in total. The molecule has 0 spiro atoms. The summed E-state index contributed by atoms with van der Waals surface area (Å²) >= 11 is 0. The fourth-order valence-electron chi connectivity index (χ4n) is 1.97. The first kappa shape index (κ1) is 7.54. The Hall–Kier alpha value is -1.10. The lowest BCUT2D eigenvalue weighted by Gasteiger charge is -2.19. The van der Waals surface area contributed by atoms with E-state index in [-0.39, 0.29) is 18.4 Å². The van der Waals surface area contributed by atoms with Crippen molar-refractivity contribution in [2.24, 2.45) is 5.41 Å². The van der Waals surface area contributed by atoms with E-state index in [0.29, 0.717) is 13.1 Å². The number of carboxylic acids is 1. The van der Waals surface area contributed by atoms with Crippen molar-refractivity contribution in [3.8, 4) is 0 Å². The normalized spacial score (nSPS) is 39.3. The molecule has 12 heavy (non-hydrogen) atoms. The minimum Gasteiger partial charge on any atom is -0.481 e. The second-order valence-electron chi connectivity index (χ2n) is 3.39. The quantitative estimate of drug-likeness (QED) is 0.450. The maximum atomic E-state index is 11.0. The van der Waals surface area contributed by atoms with E-state index >= 15 is 0 Å². The second kappa shape index (κ2) is 2.20. The van der Waals surface area contributed by atoms with E-state index in [0.717, 1.165) is 0 Å². The molecular weight excluding hydrogens is 160 g/mol. The van der Waals surface area contributed by atoms with Gasteiger partial charge in [-0.05, 0) is 0 Å². The van der Waals surface area contributed by atoms with Gasteiger partial charge in [0.1, 0.15) is 5.41 Å². The average Bonchev–Trinajstić information content (AvgIpc) is 2.42. The predicted molar refractivity (Wildman–Crippen MR) is 39.5 cm³/mol. The first-order valence-electron chi connectivity index (χ1n) is 3.89. The number of hydrogen-bond donors (Lipinski definition) is 3. The highest BCUT2D eigenvalue weighted by Crippen LogP contribution is 2.34. The molecule has 2 aliphatic rings. The molecule has 0 aromatic heterocycles. The molecule has 1 amide bonds. The molecule has 2 fully saturated rings. The zero-order valence-electron chi connectivity index (χ0n) is 6.46. The van der Waals surface area contributed by atoms with Crippen molar-refractivity contribution >= 4 is 11.9 Å². The Morgan fingerprint density at radius 2 is 2.42 bits per heavy atom. The van der Waals surface area contributed by atoms with E-state index in [2.05, 4.69) is 10.6 Å². The van der Waals surface area contributed by atoms with Gasteiger partial charge in [-0.3, -0.25) is 9.59 Å². The molecule has 2 atom stereocenters. The SMILES string of the molecule is O=C1C[C@@]2(C(=O)O)CNC[C@H]2N1. The second-order valence-corrected chi connectivity index (χ2v) is 3.39. The highest BCUT2D eigenvalue weighted by atomic mass is 16.4. The number of fused-ring (bicyclic) bond motifs is 1. The molecule has 2 aliphatic heterocycles. The van der Waals surface area contributed by atoms with Gasteiger partial charge in [0, 0.05) is 19.5 Å². The maximum absolute atomic E-state index is 11.0. The van der Waals surface area contributed by atoms with Crippen LogP contribution in [0.5, 0.6) is 0 Å². The van der Waals surface area contributed by atoms with Gasteiger partial charge in [-0.1, -0.05) is 0 Å². The zero-order valence-corrected chi connectivity index (χ0v) is 6.46. The van der Waals surface area contributed by atoms with E-state index < -0.39 is 11.4 Å². The molecule has 0 saturated carbocycles. The zero-order chi connectivity index (χ0) is 8.77. The lowest BCUT2D eigenvalue weighted by Crippen LogP contribution is -2.41. The van der Waals surface area contributed by atoms with Gasteiger partial charge >= 0.3 is 5.97 Å². The summed E-state index contributed by atoms with van der Waals surface area (Å²) in [5.74, 6) is -1.03. The molecule has 0 bridgehead atoms. The summed E-state index contributed by atoms with van der Waals surface area (Å²) in [4.78, 5) is 21.9. The van der Waals surface area contributed by atoms with Crippen LogP contribution in [0.4, 0.5) is 0 Å². The van der Waals surface area contributed by atoms with Crippen LogP contribution in [0.2, 0.25) is 0 Å². The third kappa shape index (κ3) is 0.768. The Labute approximate surface area is 69.1 Å². The van der Waals surface area contributed by atoms with E-state index in [1.54, 1.807) is 0 Å². The van der Waals surface area contributed by atoms with Gasteiger partial charge in [0.05, 0.1) is 6.04 Å². The van der Waals surface area contributed by atoms with Crippen LogP contribution in [0.25, 0.3) is 0 Å². The van der Waals surface area contributed by atoms with E-state index in [1.807, 2.05) is 0 Å². The summed E-state index contributed by atoms with van der Waals surface area (Å²) in [6.07, 6.45) is 0.111. The molecule has 66 valence electrons. The molecule has 2 heterocycles. The van der Waals surface area contributed by atoms with Gasteiger partial charge in [-0.25, -0.2) is 0 Å². The molecule has 2 saturated heterocycles. The first-order valence-corrected chi connectivity index (χ1v) is 3.89. The number of aliphatic carboxylic acids is 1. The van der Waals surface area contributed by atoms with Crippen molar-refractivity contribution < 1.29 is 14.7 Å². The largest absolute Gasteiger partial charge is 0.481 e. The van der Waals surface area contributed by atoms with Crippen LogP contribution in [-0.2, 0) is 9.59 Å². The Morgan fingerprint density at radius 3 is 3.00 bits per heavy atom. The molecule has 3 N–H and O–H groups in total. The Bertz CT molecular complexity index is 253. The molecule has 2 rings (SSSR count). The Morgan fingerprint density at radius 1 is 1.67 bits per heavy atom. The van der Waals surface area contributed by atoms with Crippen molar-refractivity contribution in [2.45, 2.75) is 12.5 Å². The van der Waals surface area contributed by atoms with Gasteiger partial charge in [0.15, 0.2) is 0 Å². The van der Waals surface area contributed by atoms with Crippen molar-refractivity contribution in [3.63, 3.8) is 0 Å². The van der Waals surface area contributed by atoms with Gasteiger partial charge in [-0.2, -0.15) is 0 Å². The number of rotatable bonds is 1. The van der Waals surface area contributed by atoms with Gasteiger partial charge in [0.25, 0.3) is 0 Å². The Kier molecular flexibility index (Phi) is 1.38. The summed E-state index contributed by atoms with van der Waals surface area (Å²) < 4.78 is 0. The maximum Gasteiger partial charge on any atom is 0.313 e. The van der Waals surface area contributed by atoms with Crippen LogP contribution >= 0.6 is 0 Å². The smallest absolute Gasteiger partial charge is 0.313 e. The van der Waals surface area contributed by atoms with Crippen LogP contribution in [0.3, 0.4) is 0 Å². The molecular formula is C7H10N2O3. The summed E-state index contributed by atoms with van der Waals surface area (Å²) in [5.41, 5.74) is -0.878. The third-order valence-corrected chi connectivity index (χ3v) is 2.69. The van der Waals surface area contributed by atoms with Crippen LogP contribution in [0.15, 0.2) is 0 Å². The minimum atomic E-state index is -0.879. The minimum absolute atomic E-state index is 0.111. The number of nitrogens with one attached hydrogen (secondary N) is 2. The van der Waals surface area contributed by atoms with Crippen molar-refractivity contribution in [1.82, 2.24) is 10.6 Å². The molecule has 0 aromatic carbocycles. The number of carboxylic acid groups (broad SMARTS) is 1. The van der Waals surface area contributed by atoms with E-state index in [4.69, 9.17) is 5.11 Å². The van der Waals surface area contributed by atoms with Crippen molar-refractivity contribution in [2.75, 3.05) is 13.1 Å². The summed E-state index contributed by atoms with van der Waals surface area (Å²) in [6, 6.07) is -0.220. The van der Waals surface area contributed by atoms with Crippen molar-refractivity contribution in [3.05, 3.63) is 0 Å². The highest BCUT2D eigenvalue weighted by Gasteiger charge is 2.55. The monoisotopic (exact) mass is 170 g/mol. The lowest BCUT2D eigenvalue weighted by molar-refractivity contribution is -0.148. The topological polar surface area (TPSA) is 78.4 Å². The molecule has 0 radical (unpaired) electrons. The molecule has 0 aliphatic carbocycles. The standard InChI is InChI=1S/C7H10N2O3/c10-5-1-7(6(11)12)3-8-2-4(7)9-5/h4,8H,1-3H2,(H,9,10)(H,11,12)/t4-,7-/m1/s1. The third-order valence-electron chi connectivity index (χ3n) is 2.69. The summed E-state index contributed by atoms with van der Waals surface area (Å²) in [7, 11) is 0. The fraction of sp³-hybridized carbons (Fsp3) is 0.714. The number of carbonyl (C=O) groups excluding carboxylic acids is 1. The molecule has 0 aromatic rings. The van der Waals surface area contributed by atoms with Crippen LogP contribution in [0.1, 0.15) is 6.42 Å². The molecule has 0 unspecified atom stereocenters. The highest BCUT2D eigenvalue weighted by molar-refractivity contribution is 5.90. The average molecular weight is 170 g/mol. The Balaban J connectivity index is 2.32. The lowest BCUT2D eigenvalue weighted by atomic mass is 9.83. The van der Waals surface area contributed by atoms with Gasteiger partial charge < -0.3 is 15.7 Å². The predicted octanol–water partition coefficient (Wildman–Crippen LogP) is -1.45. The fourth-order valence-corrected chi connectivity index (χ4v) is 1.97. The van der Waals surface area contributed by atoms with Crippen LogP contribution < -0.4 is 10.6 Å². The van der Waals surface area contributed by atoms with Crippen LogP contribution in [0, 0.1) is 5.41 Å². The summed E-state index contributed by atoms with van der Waals surface area (Å²) in [6.45, 7) is 0.962. The molecule has 5 heteroatoms. The number of hydrogen-bond acceptors (Lipinski definition) is 3. The summed E-state index contributed by atoms with van der Waals surface area (Å²) in [5, 5.41) is 14.6. The van der Waals surface area contributed by atoms with Crippen molar-refractivity contribution in [1.29, 1.82) is 0 Å².